The van der Waals surface area contributed by atoms with E-state index in [2.05, 4.69) is 5.38 Å². The molecule has 3 aromatic carbocycles. The molecular weight excluding hydrogens is 496 g/mol. The molecule has 0 aliphatic carbocycles. The van der Waals surface area contributed by atoms with E-state index in [0.29, 0.717) is 29.9 Å². The zero-order valence-electron chi connectivity index (χ0n) is 22.1. The van der Waals surface area contributed by atoms with Crippen molar-refractivity contribution in [2.75, 3.05) is 6.61 Å². The molecule has 1 aromatic heterocycles. The van der Waals surface area contributed by atoms with Crippen LogP contribution in [0.25, 0.3) is 11.1 Å². The van der Waals surface area contributed by atoms with Crippen molar-refractivity contribution in [3.63, 3.8) is 0 Å². The summed E-state index contributed by atoms with van der Waals surface area (Å²) in [5.41, 5.74) is 5.85. The molecule has 0 fully saturated rings. The van der Waals surface area contributed by atoms with Gasteiger partial charge in [0.05, 0.1) is 7.98 Å². The Labute approximate surface area is 228 Å². The van der Waals surface area contributed by atoms with E-state index < -0.39 is 12.4 Å². The van der Waals surface area contributed by atoms with Crippen molar-refractivity contribution < 1.29 is 20.9 Å². The van der Waals surface area contributed by atoms with Gasteiger partial charge in [-0.1, -0.05) is 60.7 Å². The Morgan fingerprint density at radius 1 is 0.895 bits per heavy atom. The SMILES string of the molecule is [2H]C(c1ccccc1OCCCCCC(=O)NO)N(Cc1ccccc1)C(=O)c1ccc(-c2ccsc2)cc1. The summed E-state index contributed by atoms with van der Waals surface area (Å²) in [5.74, 6) is -0.0699. The van der Waals surface area contributed by atoms with Crippen molar-refractivity contribution in [2.45, 2.75) is 38.7 Å². The lowest BCUT2D eigenvalue weighted by Gasteiger charge is -2.24. The van der Waals surface area contributed by atoms with E-state index >= 15 is 0 Å². The van der Waals surface area contributed by atoms with Crippen LogP contribution in [0.2, 0.25) is 0 Å². The van der Waals surface area contributed by atoms with E-state index in [1.54, 1.807) is 21.7 Å². The molecule has 0 aliphatic heterocycles. The highest BCUT2D eigenvalue weighted by molar-refractivity contribution is 7.08. The van der Waals surface area contributed by atoms with Crippen LogP contribution in [0.1, 0.15) is 48.5 Å². The minimum Gasteiger partial charge on any atom is -0.493 e. The zero-order valence-corrected chi connectivity index (χ0v) is 21.9. The predicted molar refractivity (Wildman–Crippen MR) is 150 cm³/mol. The van der Waals surface area contributed by atoms with Crippen LogP contribution in [0, 0.1) is 0 Å². The number of rotatable bonds is 13. The third-order valence-corrected chi connectivity index (χ3v) is 6.77. The highest BCUT2D eigenvalue weighted by atomic mass is 32.1. The quantitative estimate of drug-likeness (QED) is 0.115. The molecule has 1 unspecified atom stereocenters. The number of nitrogens with one attached hydrogen (secondary N) is 1. The summed E-state index contributed by atoms with van der Waals surface area (Å²) in [5, 5.41) is 12.7. The number of carbonyl (C=O) groups is 2. The van der Waals surface area contributed by atoms with Gasteiger partial charge in [0.15, 0.2) is 0 Å². The van der Waals surface area contributed by atoms with Gasteiger partial charge in [-0.05, 0) is 71.0 Å². The van der Waals surface area contributed by atoms with Gasteiger partial charge in [-0.25, -0.2) is 5.48 Å². The summed E-state index contributed by atoms with van der Waals surface area (Å²) in [7, 11) is 0. The van der Waals surface area contributed by atoms with Crippen LogP contribution in [-0.4, -0.2) is 28.5 Å². The molecule has 0 saturated carbocycles. The first kappa shape index (κ1) is 25.7. The van der Waals surface area contributed by atoms with Gasteiger partial charge in [-0.15, -0.1) is 0 Å². The fourth-order valence-electron chi connectivity index (χ4n) is 4.04. The monoisotopic (exact) mass is 529 g/mol. The molecule has 38 heavy (non-hydrogen) atoms. The third-order valence-electron chi connectivity index (χ3n) is 6.09. The highest BCUT2D eigenvalue weighted by Gasteiger charge is 2.19. The Kier molecular flexibility index (Phi) is 9.55. The fraction of sp³-hybridized carbons (Fsp3) is 0.226. The Morgan fingerprint density at radius 2 is 1.66 bits per heavy atom. The van der Waals surface area contributed by atoms with E-state index in [1.165, 1.54) is 0 Å². The van der Waals surface area contributed by atoms with Crippen LogP contribution in [0.4, 0.5) is 0 Å². The van der Waals surface area contributed by atoms with Crippen LogP contribution in [0.3, 0.4) is 0 Å². The molecule has 0 saturated heterocycles. The Hall–Kier alpha value is -3.94. The summed E-state index contributed by atoms with van der Waals surface area (Å²) in [6.07, 6.45) is 2.38. The molecule has 4 rings (SSSR count). The lowest BCUT2D eigenvalue weighted by molar-refractivity contribution is -0.129. The number of nitrogens with zero attached hydrogens (tertiary/aromatic N) is 1. The first-order chi connectivity index (χ1) is 19.1. The van der Waals surface area contributed by atoms with Crippen molar-refractivity contribution in [3.05, 3.63) is 112 Å². The summed E-state index contributed by atoms with van der Waals surface area (Å²) in [6.45, 7) is -0.290. The average molecular weight is 530 g/mol. The molecule has 1 heterocycles. The molecule has 2 amide bonds. The Balaban J connectivity index is 1.51. The first-order valence-electron chi connectivity index (χ1n) is 13.2. The van der Waals surface area contributed by atoms with Gasteiger partial charge < -0.3 is 9.64 Å². The average Bonchev–Trinajstić information content (AvgIpc) is 3.53. The molecule has 6 nitrogen and oxygen atoms in total. The first-order valence-corrected chi connectivity index (χ1v) is 13.6. The number of para-hydroxylation sites is 1. The van der Waals surface area contributed by atoms with Gasteiger partial charge in [0.1, 0.15) is 5.75 Å². The summed E-state index contributed by atoms with van der Waals surface area (Å²) < 4.78 is 15.2. The second-order valence-electron chi connectivity index (χ2n) is 8.87. The largest absolute Gasteiger partial charge is 0.493 e. The maximum Gasteiger partial charge on any atom is 0.254 e. The minimum absolute atomic E-state index is 0.229. The Bertz CT molecular complexity index is 1330. The van der Waals surface area contributed by atoms with E-state index in [4.69, 9.17) is 11.3 Å². The van der Waals surface area contributed by atoms with Crippen molar-refractivity contribution >= 4 is 23.2 Å². The Morgan fingerprint density at radius 3 is 2.39 bits per heavy atom. The smallest absolute Gasteiger partial charge is 0.254 e. The number of hydrogen-bond acceptors (Lipinski definition) is 5. The second kappa shape index (κ2) is 14.1. The van der Waals surface area contributed by atoms with Gasteiger partial charge in [0.25, 0.3) is 5.91 Å². The molecule has 7 heteroatoms. The van der Waals surface area contributed by atoms with Crippen molar-refractivity contribution in [3.8, 4) is 16.9 Å². The van der Waals surface area contributed by atoms with Crippen LogP contribution in [-0.2, 0) is 17.9 Å². The van der Waals surface area contributed by atoms with Gasteiger partial charge >= 0.3 is 0 Å². The molecular formula is C31H32N2O4S. The van der Waals surface area contributed by atoms with Crippen molar-refractivity contribution in [2.24, 2.45) is 0 Å². The normalized spacial score (nSPS) is 11.9. The molecule has 0 spiro atoms. The molecule has 0 bridgehead atoms. The standard InChI is InChI=1S/C31H32N2O4S/c34-30(32-36)13-5-2-8-19-37-29-12-7-6-11-27(29)22-33(21-24-9-3-1-4-10-24)31(35)26-16-14-25(15-17-26)28-18-20-38-23-28/h1,3-4,6-7,9-12,14-18,20,23,36H,2,5,8,13,19,21-22H2,(H,32,34)/i22D. The summed E-state index contributed by atoms with van der Waals surface area (Å²) in [6, 6.07) is 26.6. The zero-order chi connectivity index (χ0) is 27.5. The highest BCUT2D eigenvalue weighted by Crippen LogP contribution is 2.25. The van der Waals surface area contributed by atoms with Gasteiger partial charge in [0, 0.05) is 30.6 Å². The molecule has 0 aliphatic rings. The van der Waals surface area contributed by atoms with E-state index in [-0.39, 0.29) is 18.9 Å². The van der Waals surface area contributed by atoms with Crippen LogP contribution in [0.5, 0.6) is 5.75 Å². The number of amides is 2. The predicted octanol–water partition coefficient (Wildman–Crippen LogP) is 6.70. The molecule has 2 N–H and O–H groups in total. The van der Waals surface area contributed by atoms with Crippen LogP contribution < -0.4 is 10.2 Å². The van der Waals surface area contributed by atoms with E-state index in [9.17, 15) is 9.59 Å². The lowest BCUT2D eigenvalue weighted by Crippen LogP contribution is -2.30. The van der Waals surface area contributed by atoms with E-state index in [0.717, 1.165) is 29.5 Å². The number of hydroxylamine groups is 1. The minimum atomic E-state index is -0.987. The van der Waals surface area contributed by atoms with E-state index in [1.807, 2.05) is 90.3 Å². The maximum absolute atomic E-state index is 13.8. The number of thiophene rings is 1. The van der Waals surface area contributed by atoms with Crippen molar-refractivity contribution in [1.29, 1.82) is 0 Å². The third kappa shape index (κ3) is 7.78. The molecule has 0 radical (unpaired) electrons. The topological polar surface area (TPSA) is 78.9 Å². The lowest BCUT2D eigenvalue weighted by atomic mass is 10.1. The second-order valence-corrected chi connectivity index (χ2v) is 9.65. The fourth-order valence-corrected chi connectivity index (χ4v) is 4.71. The number of ether oxygens (including phenoxy) is 1. The number of benzene rings is 3. The number of carbonyl (C=O) groups excluding carboxylic acids is 2. The molecule has 4 aromatic rings. The molecule has 1 atom stereocenters. The summed E-state index contributed by atoms with van der Waals surface area (Å²) in [4.78, 5) is 26.5. The number of hydrogen-bond donors (Lipinski definition) is 2. The summed E-state index contributed by atoms with van der Waals surface area (Å²) >= 11 is 1.63. The van der Waals surface area contributed by atoms with Gasteiger partial charge in [-0.3, -0.25) is 14.8 Å². The van der Waals surface area contributed by atoms with Crippen LogP contribution in [0.15, 0.2) is 95.7 Å². The molecule has 196 valence electrons. The number of unbranched alkanes of at least 4 members (excludes halogenated alkanes) is 2. The van der Waals surface area contributed by atoms with Gasteiger partial charge in [0.2, 0.25) is 5.91 Å². The van der Waals surface area contributed by atoms with Gasteiger partial charge in [-0.2, -0.15) is 11.3 Å². The van der Waals surface area contributed by atoms with Crippen LogP contribution >= 0.6 is 11.3 Å². The van der Waals surface area contributed by atoms with Crippen molar-refractivity contribution in [1.82, 2.24) is 10.4 Å². The maximum atomic E-state index is 13.8.